The third-order valence-electron chi connectivity index (χ3n) is 7.18. The SMILES string of the molecule is COc1ccc(-c2sc(C(=O)N3CCC4(CC3)COC[C@H]4O)cc2-c2ccc(C#N)c(F)c2)cc1F. The van der Waals surface area contributed by atoms with Gasteiger partial charge in [-0.25, -0.2) is 8.78 Å². The van der Waals surface area contributed by atoms with Crippen LogP contribution in [0.1, 0.15) is 28.1 Å². The standard InChI is InChI=1S/C27H24F2N2O4S/c1-34-22-5-4-17(11-21(22)29)25-19(16-2-3-18(13-30)20(28)10-16)12-23(36-25)26(33)31-8-6-27(7-9-31)15-35-14-24(27)32/h2-5,10-12,24,32H,6-9,14-15H2,1H3/t24-/m1/s1. The van der Waals surface area contributed by atoms with Crippen molar-refractivity contribution in [2.45, 2.75) is 18.9 Å². The van der Waals surface area contributed by atoms with Gasteiger partial charge in [-0.15, -0.1) is 11.3 Å². The predicted molar refractivity (Wildman–Crippen MR) is 131 cm³/mol. The summed E-state index contributed by atoms with van der Waals surface area (Å²) < 4.78 is 39.5. The fraction of sp³-hybridized carbons (Fsp3) is 0.333. The van der Waals surface area contributed by atoms with Gasteiger partial charge in [0.25, 0.3) is 5.91 Å². The van der Waals surface area contributed by atoms with Crippen molar-refractivity contribution in [2.75, 3.05) is 33.4 Å². The molecular weight excluding hydrogens is 486 g/mol. The second-order valence-electron chi connectivity index (χ2n) is 9.19. The molecule has 1 aromatic heterocycles. The fourth-order valence-corrected chi connectivity index (χ4v) is 6.09. The van der Waals surface area contributed by atoms with Crippen molar-refractivity contribution >= 4 is 17.2 Å². The summed E-state index contributed by atoms with van der Waals surface area (Å²) in [6.45, 7) is 1.80. The largest absolute Gasteiger partial charge is 0.494 e. The average molecular weight is 511 g/mol. The summed E-state index contributed by atoms with van der Waals surface area (Å²) in [5.41, 5.74) is 1.20. The number of aliphatic hydroxyl groups excluding tert-OH is 1. The van der Waals surface area contributed by atoms with Crippen LogP contribution in [0.15, 0.2) is 42.5 Å². The number of halogens is 2. The van der Waals surface area contributed by atoms with Crippen LogP contribution < -0.4 is 4.74 Å². The lowest BCUT2D eigenvalue weighted by atomic mass is 9.76. The Bertz CT molecular complexity index is 1360. The summed E-state index contributed by atoms with van der Waals surface area (Å²) in [5, 5.41) is 19.4. The number of hydrogen-bond donors (Lipinski definition) is 1. The molecule has 186 valence electrons. The van der Waals surface area contributed by atoms with Crippen LogP contribution >= 0.6 is 11.3 Å². The van der Waals surface area contributed by atoms with E-state index in [-0.39, 0.29) is 22.6 Å². The second kappa shape index (κ2) is 9.62. The Morgan fingerprint density at radius 3 is 2.50 bits per heavy atom. The summed E-state index contributed by atoms with van der Waals surface area (Å²) in [6, 6.07) is 12.3. The zero-order valence-electron chi connectivity index (χ0n) is 19.6. The Morgan fingerprint density at radius 2 is 1.89 bits per heavy atom. The zero-order valence-corrected chi connectivity index (χ0v) is 20.4. The summed E-state index contributed by atoms with van der Waals surface area (Å²) in [6.07, 6.45) is 0.774. The van der Waals surface area contributed by atoms with Gasteiger partial charge in [0.15, 0.2) is 11.6 Å². The fourth-order valence-electron chi connectivity index (χ4n) is 4.94. The Kier molecular flexibility index (Phi) is 6.51. The molecule has 2 aliphatic rings. The molecule has 9 heteroatoms. The van der Waals surface area contributed by atoms with Gasteiger partial charge in [0.05, 0.1) is 36.9 Å². The molecule has 1 spiro atoms. The lowest BCUT2D eigenvalue weighted by Gasteiger charge is -2.40. The van der Waals surface area contributed by atoms with Gasteiger partial charge in [-0.1, -0.05) is 6.07 Å². The Hall–Kier alpha value is -3.32. The Labute approximate surface area is 211 Å². The minimum absolute atomic E-state index is 0.0809. The molecule has 0 bridgehead atoms. The minimum Gasteiger partial charge on any atom is -0.494 e. The minimum atomic E-state index is -0.667. The number of carbonyl (C=O) groups excluding carboxylic acids is 1. The second-order valence-corrected chi connectivity index (χ2v) is 10.2. The quantitative estimate of drug-likeness (QED) is 0.543. The van der Waals surface area contributed by atoms with Gasteiger partial charge >= 0.3 is 0 Å². The molecule has 6 nitrogen and oxygen atoms in total. The van der Waals surface area contributed by atoms with Crippen molar-refractivity contribution in [2.24, 2.45) is 5.41 Å². The van der Waals surface area contributed by atoms with Crippen molar-refractivity contribution in [3.8, 4) is 33.4 Å². The maximum atomic E-state index is 14.5. The Balaban J connectivity index is 1.50. The number of methoxy groups -OCH3 is 1. The molecule has 3 heterocycles. The van der Waals surface area contributed by atoms with E-state index >= 15 is 0 Å². The summed E-state index contributed by atoms with van der Waals surface area (Å²) in [5.74, 6) is -1.29. The lowest BCUT2D eigenvalue weighted by molar-refractivity contribution is 0.0125. The van der Waals surface area contributed by atoms with Crippen LogP contribution in [0.3, 0.4) is 0 Å². The number of carbonyl (C=O) groups is 1. The number of benzene rings is 2. The van der Waals surface area contributed by atoms with Crippen LogP contribution in [0.4, 0.5) is 8.78 Å². The highest BCUT2D eigenvalue weighted by Gasteiger charge is 2.46. The van der Waals surface area contributed by atoms with Crippen LogP contribution in [0.5, 0.6) is 5.75 Å². The van der Waals surface area contributed by atoms with Gasteiger partial charge in [0, 0.05) is 28.9 Å². The molecule has 0 saturated carbocycles. The molecule has 0 unspecified atom stereocenters. The number of rotatable bonds is 4. The highest BCUT2D eigenvalue weighted by atomic mass is 32.1. The van der Waals surface area contributed by atoms with E-state index < -0.39 is 17.7 Å². The summed E-state index contributed by atoms with van der Waals surface area (Å²) >= 11 is 1.21. The van der Waals surface area contributed by atoms with E-state index in [0.717, 1.165) is 0 Å². The van der Waals surface area contributed by atoms with E-state index in [4.69, 9.17) is 14.7 Å². The number of thiophene rings is 1. The first-order valence-corrected chi connectivity index (χ1v) is 12.4. The van der Waals surface area contributed by atoms with Crippen LogP contribution in [-0.2, 0) is 4.74 Å². The first-order chi connectivity index (χ1) is 17.3. The first kappa shape index (κ1) is 24.4. The number of aliphatic hydroxyl groups is 1. The number of amides is 1. The van der Waals surface area contributed by atoms with E-state index in [1.807, 2.05) is 6.07 Å². The van der Waals surface area contributed by atoms with Crippen LogP contribution in [-0.4, -0.2) is 55.4 Å². The molecule has 3 aromatic rings. The number of nitrogens with zero attached hydrogens (tertiary/aromatic N) is 2. The van der Waals surface area contributed by atoms with Gasteiger partial charge in [0.2, 0.25) is 0 Å². The maximum absolute atomic E-state index is 14.5. The van der Waals surface area contributed by atoms with Crippen molar-refractivity contribution < 1.29 is 28.2 Å². The number of ether oxygens (including phenoxy) is 2. The van der Waals surface area contributed by atoms with E-state index in [9.17, 15) is 18.7 Å². The molecule has 1 N–H and O–H groups in total. The molecule has 5 rings (SSSR count). The normalized spacial score (nSPS) is 18.9. The van der Waals surface area contributed by atoms with Crippen molar-refractivity contribution in [1.29, 1.82) is 5.26 Å². The van der Waals surface area contributed by atoms with Gasteiger partial charge in [0.1, 0.15) is 11.9 Å². The lowest BCUT2D eigenvalue weighted by Crippen LogP contribution is -2.47. The predicted octanol–water partition coefficient (Wildman–Crippen LogP) is 4.85. The van der Waals surface area contributed by atoms with E-state index in [0.29, 0.717) is 65.6 Å². The van der Waals surface area contributed by atoms with Gasteiger partial charge < -0.3 is 19.5 Å². The zero-order chi connectivity index (χ0) is 25.4. The highest BCUT2D eigenvalue weighted by Crippen LogP contribution is 2.43. The smallest absolute Gasteiger partial charge is 0.263 e. The van der Waals surface area contributed by atoms with Crippen LogP contribution in [0.25, 0.3) is 21.6 Å². The van der Waals surface area contributed by atoms with Gasteiger partial charge in [-0.05, 0) is 60.4 Å². The number of piperidine rings is 1. The molecule has 2 aromatic carbocycles. The van der Waals surface area contributed by atoms with Crippen LogP contribution in [0.2, 0.25) is 0 Å². The summed E-state index contributed by atoms with van der Waals surface area (Å²) in [4.78, 5) is 16.3. The van der Waals surface area contributed by atoms with Gasteiger partial charge in [-0.3, -0.25) is 4.79 Å². The third-order valence-corrected chi connectivity index (χ3v) is 8.35. The van der Waals surface area contributed by atoms with E-state index in [2.05, 4.69) is 0 Å². The molecule has 36 heavy (non-hydrogen) atoms. The average Bonchev–Trinajstić information content (AvgIpc) is 3.48. The van der Waals surface area contributed by atoms with E-state index in [1.165, 1.54) is 42.7 Å². The first-order valence-electron chi connectivity index (χ1n) is 11.6. The molecule has 1 atom stereocenters. The maximum Gasteiger partial charge on any atom is 0.263 e. The van der Waals surface area contributed by atoms with Crippen molar-refractivity contribution in [1.82, 2.24) is 4.90 Å². The number of nitriles is 1. The van der Waals surface area contributed by atoms with E-state index in [1.54, 1.807) is 23.1 Å². The third kappa shape index (κ3) is 4.26. The summed E-state index contributed by atoms with van der Waals surface area (Å²) in [7, 11) is 1.38. The molecule has 0 aliphatic carbocycles. The molecule has 2 aliphatic heterocycles. The molecule has 1 amide bonds. The number of hydrogen-bond acceptors (Lipinski definition) is 6. The molecule has 2 fully saturated rings. The Morgan fingerprint density at radius 1 is 1.17 bits per heavy atom. The van der Waals surface area contributed by atoms with Gasteiger partial charge in [-0.2, -0.15) is 5.26 Å². The number of likely N-dealkylation sites (tertiary alicyclic amines) is 1. The molecule has 0 radical (unpaired) electrons. The molecule has 2 saturated heterocycles. The van der Waals surface area contributed by atoms with Crippen molar-refractivity contribution in [3.63, 3.8) is 0 Å². The van der Waals surface area contributed by atoms with Crippen LogP contribution in [0, 0.1) is 28.4 Å². The topological polar surface area (TPSA) is 82.8 Å². The molecular formula is C27H24F2N2O4S. The monoisotopic (exact) mass is 510 g/mol. The highest BCUT2D eigenvalue weighted by molar-refractivity contribution is 7.18. The van der Waals surface area contributed by atoms with Crippen molar-refractivity contribution in [3.05, 3.63) is 64.5 Å².